The maximum absolute atomic E-state index is 13.1. The number of aromatic nitrogens is 2. The second-order valence-electron chi connectivity index (χ2n) is 13.8. The molecule has 13 heteroatoms. The van der Waals surface area contributed by atoms with Crippen LogP contribution in [0.25, 0.3) is 28.1 Å². The van der Waals surface area contributed by atoms with E-state index in [1.165, 1.54) is 19.3 Å². The van der Waals surface area contributed by atoms with Gasteiger partial charge in [0.2, 0.25) is 5.91 Å². The number of hydrogen-bond acceptors (Lipinski definition) is 6. The highest BCUT2D eigenvalue weighted by Crippen LogP contribution is 2.33. The summed E-state index contributed by atoms with van der Waals surface area (Å²) in [5.41, 5.74) is 6.81. The number of piperazine rings is 1. The Morgan fingerprint density at radius 1 is 0.755 bits per heavy atom. The lowest BCUT2D eigenvalue weighted by atomic mass is 9.93. The molecule has 2 aliphatic heterocycles. The number of nitrogens with zero attached hydrogens (tertiary/aromatic N) is 5. The summed E-state index contributed by atoms with van der Waals surface area (Å²) < 4.78 is 29.8. The number of amides is 2. The van der Waals surface area contributed by atoms with Crippen molar-refractivity contribution in [2.24, 2.45) is 0 Å². The van der Waals surface area contributed by atoms with Crippen LogP contribution in [0.3, 0.4) is 0 Å². The van der Waals surface area contributed by atoms with Crippen LogP contribution in [0.1, 0.15) is 43.5 Å². The lowest BCUT2D eigenvalue weighted by molar-refractivity contribution is -0.134. The average molecular weight is 770 g/mol. The second-order valence-corrected chi connectivity index (χ2v) is 16.2. The minimum absolute atomic E-state index is 0.233. The third-order valence-electron chi connectivity index (χ3n) is 10.4. The Morgan fingerprint density at radius 2 is 1.42 bits per heavy atom. The molecule has 272 valence electrons. The highest BCUT2D eigenvalue weighted by molar-refractivity contribution is 7.92. The van der Waals surface area contributed by atoms with Gasteiger partial charge in [0.25, 0.3) is 5.91 Å². The molecule has 4 aromatic carbocycles. The molecule has 1 aromatic heterocycles. The minimum Gasteiger partial charge on any atom is -0.360 e. The molecule has 3 heterocycles. The third kappa shape index (κ3) is 7.38. The number of hydrogen-bond donors (Lipinski definition) is 1. The predicted octanol–water partition coefficient (Wildman–Crippen LogP) is 7.27. The Morgan fingerprint density at radius 3 is 2.06 bits per heavy atom. The topological polar surface area (TPSA) is 108 Å². The molecule has 2 amide bonds. The molecule has 0 bridgehead atoms. The van der Waals surface area contributed by atoms with E-state index in [9.17, 15) is 18.0 Å². The smallest absolute Gasteiger partial charge is 0.326 e. The summed E-state index contributed by atoms with van der Waals surface area (Å²) in [7, 11) is -3.92. The summed E-state index contributed by atoms with van der Waals surface area (Å²) in [6.07, 6.45) is 8.40. The van der Waals surface area contributed by atoms with Crippen molar-refractivity contribution < 1.29 is 18.0 Å². The van der Waals surface area contributed by atoms with Crippen LogP contribution in [-0.4, -0.2) is 66.9 Å². The minimum atomic E-state index is -3.92. The van der Waals surface area contributed by atoms with Gasteiger partial charge >= 0.3 is 10.2 Å². The highest BCUT2D eigenvalue weighted by Gasteiger charge is 2.34. The predicted molar refractivity (Wildman–Crippen MR) is 209 cm³/mol. The fourth-order valence-electron chi connectivity index (χ4n) is 7.60. The standard InChI is InChI=1S/C40H38Cl2N6O4S/c41-30-12-19-35(36(42)23-30)37-24-47(33-15-17-34(18-16-33)48-25-39(49)44-53(48,51)52)38(43-37)22-27-6-8-28(9-7-27)29-10-13-31(14-11-29)45-20-21-46(40(50)26-45)32-4-2-1-3-5-32/h6-19,23-24,32H,1-5,20-22,25-26H2,(H,44,49). The monoisotopic (exact) mass is 768 g/mol. The summed E-state index contributed by atoms with van der Waals surface area (Å²) >= 11 is 12.8. The summed E-state index contributed by atoms with van der Waals surface area (Å²) in [4.78, 5) is 34.1. The van der Waals surface area contributed by atoms with Crippen molar-refractivity contribution >= 4 is 56.6 Å². The van der Waals surface area contributed by atoms with Gasteiger partial charge in [-0.15, -0.1) is 0 Å². The molecule has 10 nitrogen and oxygen atoms in total. The zero-order valence-electron chi connectivity index (χ0n) is 28.9. The van der Waals surface area contributed by atoms with E-state index in [4.69, 9.17) is 28.2 Å². The van der Waals surface area contributed by atoms with Crippen molar-refractivity contribution in [2.45, 2.75) is 44.6 Å². The van der Waals surface area contributed by atoms with E-state index in [0.717, 1.165) is 69.7 Å². The molecule has 3 aliphatic rings. The van der Waals surface area contributed by atoms with Gasteiger partial charge in [0.1, 0.15) is 12.4 Å². The van der Waals surface area contributed by atoms with Crippen LogP contribution in [0, 0.1) is 0 Å². The van der Waals surface area contributed by atoms with Crippen LogP contribution >= 0.6 is 23.2 Å². The van der Waals surface area contributed by atoms with Crippen molar-refractivity contribution in [1.82, 2.24) is 19.2 Å². The molecule has 1 aliphatic carbocycles. The quantitative estimate of drug-likeness (QED) is 0.178. The van der Waals surface area contributed by atoms with Gasteiger partial charge in [-0.3, -0.25) is 9.59 Å². The molecule has 0 unspecified atom stereocenters. The number of halogens is 2. The Hall–Kier alpha value is -4.84. The third-order valence-corrected chi connectivity index (χ3v) is 12.3. The van der Waals surface area contributed by atoms with Crippen LogP contribution in [0.4, 0.5) is 11.4 Å². The van der Waals surface area contributed by atoms with E-state index < -0.39 is 16.1 Å². The van der Waals surface area contributed by atoms with Gasteiger partial charge in [-0.25, -0.2) is 14.0 Å². The van der Waals surface area contributed by atoms with Crippen LogP contribution < -0.4 is 13.9 Å². The van der Waals surface area contributed by atoms with Crippen LogP contribution in [0.15, 0.2) is 97.2 Å². The van der Waals surface area contributed by atoms with E-state index in [0.29, 0.717) is 40.4 Å². The largest absolute Gasteiger partial charge is 0.360 e. The van der Waals surface area contributed by atoms with Crippen molar-refractivity contribution in [2.75, 3.05) is 35.4 Å². The van der Waals surface area contributed by atoms with Crippen molar-refractivity contribution in [3.05, 3.63) is 119 Å². The Labute approximate surface area is 319 Å². The molecular weight excluding hydrogens is 731 g/mol. The molecular formula is C40H38Cl2N6O4S. The number of rotatable bonds is 8. The van der Waals surface area contributed by atoms with Gasteiger partial charge in [0.15, 0.2) is 0 Å². The van der Waals surface area contributed by atoms with Crippen molar-refractivity contribution in [3.8, 4) is 28.1 Å². The lowest BCUT2D eigenvalue weighted by Crippen LogP contribution is -2.54. The zero-order chi connectivity index (χ0) is 36.7. The van der Waals surface area contributed by atoms with Crippen LogP contribution in [0.2, 0.25) is 10.0 Å². The lowest BCUT2D eigenvalue weighted by Gasteiger charge is -2.41. The molecule has 8 rings (SSSR count). The molecule has 0 radical (unpaired) electrons. The zero-order valence-corrected chi connectivity index (χ0v) is 31.2. The number of nitrogens with one attached hydrogen (secondary N) is 1. The van der Waals surface area contributed by atoms with E-state index in [1.807, 2.05) is 21.6 Å². The average Bonchev–Trinajstić information content (AvgIpc) is 3.70. The maximum atomic E-state index is 13.1. The van der Waals surface area contributed by atoms with Crippen LogP contribution in [0.5, 0.6) is 0 Å². The molecule has 3 fully saturated rings. The summed E-state index contributed by atoms with van der Waals surface area (Å²) in [5, 5.41) is 1.00. The van der Waals surface area contributed by atoms with E-state index in [1.54, 1.807) is 36.4 Å². The first kappa shape index (κ1) is 35.2. The first-order valence-electron chi connectivity index (χ1n) is 17.8. The maximum Gasteiger partial charge on any atom is 0.326 e. The van der Waals surface area contributed by atoms with Crippen molar-refractivity contribution in [3.63, 3.8) is 0 Å². The van der Waals surface area contributed by atoms with E-state index >= 15 is 0 Å². The normalized spacial score (nSPS) is 17.7. The van der Waals surface area contributed by atoms with Crippen molar-refractivity contribution in [1.29, 1.82) is 0 Å². The molecule has 1 N–H and O–H groups in total. The van der Waals surface area contributed by atoms with Gasteiger partial charge < -0.3 is 14.4 Å². The molecule has 2 saturated heterocycles. The van der Waals surface area contributed by atoms with Gasteiger partial charge in [0.05, 0.1) is 22.9 Å². The number of anilines is 2. The first-order chi connectivity index (χ1) is 25.6. The van der Waals surface area contributed by atoms with E-state index in [-0.39, 0.29) is 12.5 Å². The first-order valence-corrected chi connectivity index (χ1v) is 20.0. The summed E-state index contributed by atoms with van der Waals surface area (Å²) in [6.45, 7) is 1.79. The van der Waals surface area contributed by atoms with Gasteiger partial charge in [-0.1, -0.05) is 78.9 Å². The SMILES string of the molecule is O=C1CN(c2ccc(-n3cc(-c4ccc(Cl)cc4Cl)nc3Cc3ccc(-c4ccc(N5CCN(C6CCCCC6)C(=O)C5)cc4)cc3)cc2)S(=O)(=O)N1. The number of benzene rings is 4. The molecule has 0 spiro atoms. The summed E-state index contributed by atoms with van der Waals surface area (Å²) in [5.74, 6) is 0.408. The van der Waals surface area contributed by atoms with E-state index in [2.05, 4.69) is 58.3 Å². The Bertz CT molecular complexity index is 2270. The second kappa shape index (κ2) is 14.5. The fourth-order valence-corrected chi connectivity index (χ4v) is 9.25. The van der Waals surface area contributed by atoms with Gasteiger partial charge in [0, 0.05) is 53.7 Å². The molecule has 5 aromatic rings. The van der Waals surface area contributed by atoms with Crippen LogP contribution in [-0.2, 0) is 26.2 Å². The van der Waals surface area contributed by atoms with Gasteiger partial charge in [-0.05, 0) is 84.1 Å². The highest BCUT2D eigenvalue weighted by atomic mass is 35.5. The Balaban J connectivity index is 1.00. The summed E-state index contributed by atoms with van der Waals surface area (Å²) in [6, 6.07) is 29.4. The molecule has 53 heavy (non-hydrogen) atoms. The molecule has 0 atom stereocenters. The fraction of sp³-hybridized carbons (Fsp3) is 0.275. The number of carbonyl (C=O) groups excluding carboxylic acids is 2. The Kier molecular flexibility index (Phi) is 9.65. The number of imidazole rings is 1. The number of carbonyl (C=O) groups is 2. The molecule has 1 saturated carbocycles. The van der Waals surface area contributed by atoms with Gasteiger partial charge in [-0.2, -0.15) is 8.42 Å².